The molecule has 2 aromatic rings. The Balaban J connectivity index is 2.59. The van der Waals surface area contributed by atoms with Gasteiger partial charge in [0.25, 0.3) is 0 Å². The van der Waals surface area contributed by atoms with Gasteiger partial charge in [-0.3, -0.25) is 0 Å². The normalized spacial score (nSPS) is 10.4. The van der Waals surface area contributed by atoms with E-state index >= 15 is 0 Å². The molecule has 2 aromatic carbocycles. The second kappa shape index (κ2) is 6.35. The molecular weight excluding hydrogens is 297 g/mol. The maximum Gasteiger partial charge on any atom is 0.138 e. The van der Waals surface area contributed by atoms with E-state index in [0.29, 0.717) is 22.3 Å². The van der Waals surface area contributed by atoms with Crippen LogP contribution < -0.4 is 15.2 Å². The fraction of sp³-hybridized carbons (Fsp3) is 0.200. The first-order chi connectivity index (χ1) is 9.60. The van der Waals surface area contributed by atoms with Crippen LogP contribution in [0.1, 0.15) is 5.56 Å². The summed E-state index contributed by atoms with van der Waals surface area (Å²) in [5.74, 6) is 1.30. The first-order valence-corrected chi connectivity index (χ1v) is 6.76. The average molecular weight is 312 g/mol. The quantitative estimate of drug-likeness (QED) is 0.923. The van der Waals surface area contributed by atoms with Crippen LogP contribution in [0.3, 0.4) is 0 Å². The monoisotopic (exact) mass is 311 g/mol. The molecule has 0 atom stereocenters. The number of rotatable bonds is 4. The minimum atomic E-state index is 0.381. The van der Waals surface area contributed by atoms with Crippen molar-refractivity contribution in [2.75, 3.05) is 14.2 Å². The summed E-state index contributed by atoms with van der Waals surface area (Å²) in [6.45, 7) is 0.381. The van der Waals surface area contributed by atoms with E-state index in [9.17, 15) is 0 Å². The van der Waals surface area contributed by atoms with E-state index in [1.807, 2.05) is 18.2 Å². The molecule has 0 fully saturated rings. The number of hydrogen-bond donors (Lipinski definition) is 1. The highest BCUT2D eigenvalue weighted by atomic mass is 35.5. The van der Waals surface area contributed by atoms with Crippen LogP contribution in [0.2, 0.25) is 10.0 Å². The molecule has 0 saturated heterocycles. The molecule has 5 heteroatoms. The molecule has 20 heavy (non-hydrogen) atoms. The molecule has 0 heterocycles. The van der Waals surface area contributed by atoms with Crippen molar-refractivity contribution < 1.29 is 9.47 Å². The van der Waals surface area contributed by atoms with Crippen molar-refractivity contribution in [1.82, 2.24) is 0 Å². The zero-order chi connectivity index (χ0) is 14.7. The SMILES string of the molecule is COc1ccc(-c2cc(Cl)c(OC)cc2Cl)c(CN)c1. The summed E-state index contributed by atoms with van der Waals surface area (Å²) in [5.41, 5.74) is 8.49. The van der Waals surface area contributed by atoms with E-state index in [2.05, 4.69) is 0 Å². The lowest BCUT2D eigenvalue weighted by molar-refractivity contribution is 0.414. The van der Waals surface area contributed by atoms with E-state index in [1.54, 1.807) is 26.4 Å². The molecule has 0 radical (unpaired) electrons. The number of benzene rings is 2. The fourth-order valence-corrected chi connectivity index (χ4v) is 2.52. The maximum atomic E-state index is 6.31. The van der Waals surface area contributed by atoms with Gasteiger partial charge in [0, 0.05) is 18.2 Å². The van der Waals surface area contributed by atoms with Crippen LogP contribution in [0, 0.1) is 0 Å². The van der Waals surface area contributed by atoms with Crippen LogP contribution in [-0.2, 0) is 6.54 Å². The predicted molar refractivity (Wildman–Crippen MR) is 82.9 cm³/mol. The van der Waals surface area contributed by atoms with Gasteiger partial charge in [0.2, 0.25) is 0 Å². The highest BCUT2D eigenvalue weighted by Crippen LogP contribution is 2.38. The molecule has 0 aliphatic carbocycles. The highest BCUT2D eigenvalue weighted by Gasteiger charge is 2.13. The number of methoxy groups -OCH3 is 2. The van der Waals surface area contributed by atoms with Crippen molar-refractivity contribution in [3.8, 4) is 22.6 Å². The van der Waals surface area contributed by atoms with Gasteiger partial charge in [-0.05, 0) is 29.3 Å². The Labute approximate surface area is 128 Å². The zero-order valence-electron chi connectivity index (χ0n) is 11.2. The van der Waals surface area contributed by atoms with Crippen LogP contribution >= 0.6 is 23.2 Å². The Morgan fingerprint density at radius 3 is 2.30 bits per heavy atom. The van der Waals surface area contributed by atoms with E-state index in [-0.39, 0.29) is 0 Å². The Bertz CT molecular complexity index is 630. The number of ether oxygens (including phenoxy) is 2. The molecule has 2 N–H and O–H groups in total. The Kier molecular flexibility index (Phi) is 4.76. The number of nitrogens with two attached hydrogens (primary N) is 1. The molecule has 0 amide bonds. The summed E-state index contributed by atoms with van der Waals surface area (Å²) < 4.78 is 10.4. The minimum Gasteiger partial charge on any atom is -0.497 e. The second-order valence-electron chi connectivity index (χ2n) is 4.19. The number of hydrogen-bond acceptors (Lipinski definition) is 3. The molecule has 0 aliphatic rings. The van der Waals surface area contributed by atoms with E-state index in [0.717, 1.165) is 22.4 Å². The molecule has 0 bridgehead atoms. The first kappa shape index (κ1) is 15.0. The lowest BCUT2D eigenvalue weighted by Gasteiger charge is -2.13. The van der Waals surface area contributed by atoms with Crippen molar-refractivity contribution in [3.05, 3.63) is 45.9 Å². The minimum absolute atomic E-state index is 0.381. The molecule has 0 saturated carbocycles. The molecule has 0 aliphatic heterocycles. The van der Waals surface area contributed by atoms with Crippen molar-refractivity contribution in [1.29, 1.82) is 0 Å². The lowest BCUT2D eigenvalue weighted by Crippen LogP contribution is -2.00. The summed E-state index contributed by atoms with van der Waals surface area (Å²) in [5, 5.41) is 1.07. The van der Waals surface area contributed by atoms with Crippen molar-refractivity contribution in [2.45, 2.75) is 6.54 Å². The van der Waals surface area contributed by atoms with Crippen molar-refractivity contribution in [3.63, 3.8) is 0 Å². The maximum absolute atomic E-state index is 6.31. The zero-order valence-corrected chi connectivity index (χ0v) is 12.8. The van der Waals surface area contributed by atoms with Crippen LogP contribution in [0.5, 0.6) is 11.5 Å². The number of halogens is 2. The highest BCUT2D eigenvalue weighted by molar-refractivity contribution is 6.36. The molecule has 3 nitrogen and oxygen atoms in total. The molecular formula is C15H15Cl2NO2. The van der Waals surface area contributed by atoms with Gasteiger partial charge in [-0.1, -0.05) is 29.3 Å². The lowest BCUT2D eigenvalue weighted by atomic mass is 9.99. The smallest absolute Gasteiger partial charge is 0.138 e. The van der Waals surface area contributed by atoms with E-state index in [4.69, 9.17) is 38.4 Å². The van der Waals surface area contributed by atoms with Gasteiger partial charge in [0.05, 0.1) is 24.3 Å². The van der Waals surface area contributed by atoms with Gasteiger partial charge in [0.15, 0.2) is 0 Å². The van der Waals surface area contributed by atoms with Crippen molar-refractivity contribution in [2.24, 2.45) is 5.73 Å². The van der Waals surface area contributed by atoms with Gasteiger partial charge in [0.1, 0.15) is 11.5 Å². The molecule has 0 unspecified atom stereocenters. The van der Waals surface area contributed by atoms with Gasteiger partial charge in [-0.25, -0.2) is 0 Å². The van der Waals surface area contributed by atoms with Gasteiger partial charge < -0.3 is 15.2 Å². The second-order valence-corrected chi connectivity index (χ2v) is 5.01. The van der Waals surface area contributed by atoms with E-state index < -0.39 is 0 Å². The van der Waals surface area contributed by atoms with Crippen LogP contribution in [0.25, 0.3) is 11.1 Å². The Morgan fingerprint density at radius 2 is 1.70 bits per heavy atom. The molecule has 106 valence electrons. The van der Waals surface area contributed by atoms with Crippen LogP contribution in [0.4, 0.5) is 0 Å². The molecule has 2 rings (SSSR count). The van der Waals surface area contributed by atoms with Crippen molar-refractivity contribution >= 4 is 23.2 Å². The summed E-state index contributed by atoms with van der Waals surface area (Å²) in [6, 6.07) is 9.16. The third-order valence-electron chi connectivity index (χ3n) is 3.06. The molecule has 0 aromatic heterocycles. The topological polar surface area (TPSA) is 44.5 Å². The fourth-order valence-electron chi connectivity index (χ4n) is 2.02. The predicted octanol–water partition coefficient (Wildman–Crippen LogP) is 4.14. The standard InChI is InChI=1S/C15H15Cl2NO2/c1-19-10-3-4-11(9(5-10)8-18)12-6-14(17)15(20-2)7-13(12)16/h3-7H,8,18H2,1-2H3. The van der Waals surface area contributed by atoms with Crippen LogP contribution in [-0.4, -0.2) is 14.2 Å². The van der Waals surface area contributed by atoms with E-state index in [1.165, 1.54) is 0 Å². The summed E-state index contributed by atoms with van der Waals surface area (Å²) in [6.07, 6.45) is 0. The summed E-state index contributed by atoms with van der Waals surface area (Å²) in [7, 11) is 3.17. The average Bonchev–Trinajstić information content (AvgIpc) is 2.48. The van der Waals surface area contributed by atoms with Gasteiger partial charge in [-0.15, -0.1) is 0 Å². The molecule has 0 spiro atoms. The largest absolute Gasteiger partial charge is 0.497 e. The van der Waals surface area contributed by atoms with Gasteiger partial charge >= 0.3 is 0 Å². The third-order valence-corrected chi connectivity index (χ3v) is 3.67. The third kappa shape index (κ3) is 2.85. The Morgan fingerprint density at radius 1 is 0.950 bits per heavy atom. The summed E-state index contributed by atoms with van der Waals surface area (Å²) in [4.78, 5) is 0. The summed E-state index contributed by atoms with van der Waals surface area (Å²) >= 11 is 12.5. The Hall–Kier alpha value is -1.42. The van der Waals surface area contributed by atoms with Crippen LogP contribution in [0.15, 0.2) is 30.3 Å². The first-order valence-electron chi connectivity index (χ1n) is 6.01. The van der Waals surface area contributed by atoms with Gasteiger partial charge in [-0.2, -0.15) is 0 Å².